The maximum atomic E-state index is 14.7. The number of carbonyl (C=O) groups is 1. The number of fused-ring (bicyclic) bond motifs is 1. The Bertz CT molecular complexity index is 1390. The second kappa shape index (κ2) is 13.4. The van der Waals surface area contributed by atoms with Crippen molar-refractivity contribution in [2.24, 2.45) is 0 Å². The van der Waals surface area contributed by atoms with E-state index in [1.54, 1.807) is 19.2 Å². The van der Waals surface area contributed by atoms with E-state index in [1.807, 2.05) is 45.0 Å². The molecule has 1 aromatic heterocycles. The van der Waals surface area contributed by atoms with Crippen LogP contribution in [-0.2, 0) is 4.74 Å². The predicted molar refractivity (Wildman–Crippen MR) is 162 cm³/mol. The molecule has 0 aliphatic heterocycles. The maximum Gasteiger partial charge on any atom is 0.410 e. The second-order valence-corrected chi connectivity index (χ2v) is 16.7. The molecule has 0 aliphatic carbocycles. The second-order valence-electron chi connectivity index (χ2n) is 11.6. The lowest BCUT2D eigenvalue weighted by molar-refractivity contribution is 0.0278. The number of benzene rings is 2. The Balaban J connectivity index is 1.64. The van der Waals surface area contributed by atoms with Gasteiger partial charge in [0.15, 0.2) is 11.6 Å². The van der Waals surface area contributed by atoms with Gasteiger partial charge in [-0.1, -0.05) is 31.2 Å². The Morgan fingerprint density at radius 1 is 1.07 bits per heavy atom. The Kier molecular flexibility index (Phi) is 10.5. The number of nitrogens with zero attached hydrogens (tertiary/aromatic N) is 2. The number of amides is 1. The Morgan fingerprint density at radius 2 is 1.77 bits per heavy atom. The molecule has 1 heterocycles. The molecule has 0 spiro atoms. The van der Waals surface area contributed by atoms with Crippen molar-refractivity contribution in [2.75, 3.05) is 26.8 Å². The number of rotatable bonds is 9. The van der Waals surface area contributed by atoms with Crippen molar-refractivity contribution < 1.29 is 23.4 Å². The third kappa shape index (κ3) is 9.72. The van der Waals surface area contributed by atoms with Gasteiger partial charge >= 0.3 is 6.09 Å². The van der Waals surface area contributed by atoms with Gasteiger partial charge in [-0.2, -0.15) is 0 Å². The van der Waals surface area contributed by atoms with Crippen LogP contribution in [0, 0.1) is 17.3 Å². The quantitative estimate of drug-likeness (QED) is 0.145. The van der Waals surface area contributed by atoms with Gasteiger partial charge < -0.3 is 19.1 Å². The summed E-state index contributed by atoms with van der Waals surface area (Å²) in [7, 11) is 0.278. The first-order valence-electron chi connectivity index (χ1n) is 13.3. The monoisotopic (exact) mass is 584 g/mol. The summed E-state index contributed by atoms with van der Waals surface area (Å²) in [6, 6.07) is 12.1. The van der Waals surface area contributed by atoms with Gasteiger partial charge in [0.25, 0.3) is 0 Å². The number of ether oxygens (including phenoxy) is 3. The van der Waals surface area contributed by atoms with Crippen LogP contribution in [0.2, 0.25) is 24.7 Å². The zero-order valence-corrected chi connectivity index (χ0v) is 26.1. The van der Waals surface area contributed by atoms with Crippen LogP contribution in [0.3, 0.4) is 0 Å². The van der Waals surface area contributed by atoms with Gasteiger partial charge in [-0.15, -0.1) is 11.5 Å². The molecule has 0 radical (unpaired) electrons. The van der Waals surface area contributed by atoms with E-state index in [4.69, 9.17) is 30.8 Å². The van der Waals surface area contributed by atoms with Crippen LogP contribution < -0.4 is 9.47 Å². The van der Waals surface area contributed by atoms with E-state index in [1.165, 1.54) is 11.0 Å². The van der Waals surface area contributed by atoms with E-state index >= 15 is 0 Å². The smallest absolute Gasteiger partial charge is 0.410 e. The minimum absolute atomic E-state index is 0.145. The number of unbranched alkanes of at least 4 members (excludes halogenated alkanes) is 1. The molecule has 9 heteroatoms. The highest BCUT2D eigenvalue weighted by Crippen LogP contribution is 2.32. The highest BCUT2D eigenvalue weighted by atomic mass is 35.5. The molecule has 0 saturated heterocycles. The normalized spacial score (nSPS) is 11.5. The van der Waals surface area contributed by atoms with Crippen molar-refractivity contribution in [1.82, 2.24) is 9.88 Å². The van der Waals surface area contributed by atoms with E-state index in [0.29, 0.717) is 53.5 Å². The van der Waals surface area contributed by atoms with Crippen LogP contribution in [0.25, 0.3) is 22.2 Å². The first-order valence-corrected chi connectivity index (χ1v) is 17.2. The van der Waals surface area contributed by atoms with E-state index in [0.717, 1.165) is 12.0 Å². The van der Waals surface area contributed by atoms with Gasteiger partial charge in [-0.3, -0.25) is 0 Å². The molecule has 3 aromatic rings. The fourth-order valence-corrected chi connectivity index (χ4v) is 4.48. The number of likely N-dealkylation sites (N-methyl/N-ethyl adjacent to an activating group) is 1. The number of hydrogen-bond donors (Lipinski definition) is 0. The lowest BCUT2D eigenvalue weighted by Crippen LogP contribution is -2.36. The third-order valence-electron chi connectivity index (χ3n) is 5.53. The van der Waals surface area contributed by atoms with Crippen molar-refractivity contribution in [3.63, 3.8) is 0 Å². The van der Waals surface area contributed by atoms with Crippen LogP contribution in [0.15, 0.2) is 42.5 Å². The van der Waals surface area contributed by atoms with E-state index in [2.05, 4.69) is 31.1 Å². The summed E-state index contributed by atoms with van der Waals surface area (Å²) < 4.78 is 31.5. The third-order valence-corrected chi connectivity index (χ3v) is 6.77. The number of aromatic nitrogens is 1. The van der Waals surface area contributed by atoms with Crippen LogP contribution in [-0.4, -0.2) is 56.5 Å². The van der Waals surface area contributed by atoms with Crippen molar-refractivity contribution in [2.45, 2.75) is 58.9 Å². The lowest BCUT2D eigenvalue weighted by Gasteiger charge is -2.24. The molecule has 2 aromatic carbocycles. The van der Waals surface area contributed by atoms with E-state index < -0.39 is 25.6 Å². The number of halogens is 2. The van der Waals surface area contributed by atoms with E-state index in [9.17, 15) is 9.18 Å². The summed E-state index contributed by atoms with van der Waals surface area (Å²) >= 11 is 6.50. The van der Waals surface area contributed by atoms with Gasteiger partial charge in [-0.05, 0) is 63.6 Å². The summed E-state index contributed by atoms with van der Waals surface area (Å²) in [6.07, 6.45) is 1.04. The Hall–Kier alpha value is -3.28. The Morgan fingerprint density at radius 3 is 2.42 bits per heavy atom. The number of hydrogen-bond acceptors (Lipinski definition) is 5. The molecular weight excluding hydrogens is 547 g/mol. The number of pyridine rings is 1. The molecule has 0 fully saturated rings. The molecule has 214 valence electrons. The molecule has 0 unspecified atom stereocenters. The average molecular weight is 585 g/mol. The molecule has 0 bridgehead atoms. The zero-order valence-electron chi connectivity index (χ0n) is 24.4. The first-order chi connectivity index (χ1) is 18.7. The minimum atomic E-state index is -1.39. The van der Waals surface area contributed by atoms with Crippen LogP contribution >= 0.6 is 11.6 Å². The molecule has 0 atom stereocenters. The topological polar surface area (TPSA) is 60.9 Å². The molecule has 40 heavy (non-hydrogen) atoms. The van der Waals surface area contributed by atoms with Crippen LogP contribution in [0.1, 0.15) is 33.6 Å². The van der Waals surface area contributed by atoms with Crippen LogP contribution in [0.4, 0.5) is 9.18 Å². The summed E-state index contributed by atoms with van der Waals surface area (Å²) in [5, 5.41) is 0.919. The zero-order chi connectivity index (χ0) is 29.5. The summed E-state index contributed by atoms with van der Waals surface area (Å²) in [4.78, 5) is 18.3. The van der Waals surface area contributed by atoms with Crippen molar-refractivity contribution >= 4 is 36.7 Å². The van der Waals surface area contributed by atoms with Gasteiger partial charge in [0, 0.05) is 30.5 Å². The van der Waals surface area contributed by atoms with Crippen molar-refractivity contribution in [3.05, 3.63) is 53.3 Å². The summed E-state index contributed by atoms with van der Waals surface area (Å²) in [5.41, 5.74) is 4.79. The van der Waals surface area contributed by atoms with Gasteiger partial charge in [-0.25, -0.2) is 14.2 Å². The molecule has 1 amide bonds. The Labute approximate surface area is 242 Å². The lowest BCUT2D eigenvalue weighted by atomic mass is 10.1. The molecule has 0 saturated carbocycles. The van der Waals surface area contributed by atoms with Gasteiger partial charge in [0.1, 0.15) is 26.0 Å². The largest absolute Gasteiger partial charge is 0.492 e. The summed E-state index contributed by atoms with van der Waals surface area (Å²) in [6.45, 7) is 13.1. The molecule has 3 rings (SSSR count). The molecule has 6 nitrogen and oxygen atoms in total. The van der Waals surface area contributed by atoms with E-state index in [-0.39, 0.29) is 5.75 Å². The molecule has 0 aliphatic rings. The standard InChI is InChI=1S/C31H38ClFN2O4Si/c1-31(2,3)39-30(36)35(4)15-17-37-23-13-11-22(12-14-23)27-20-25(32)24-19-26(33)29(21-28(24)34-27)38-16-9-8-10-18-40(5,6)7/h11-14,19-21H,8-9,15-17H2,1-7H3. The fourth-order valence-electron chi connectivity index (χ4n) is 3.57. The fraction of sp³-hybridized carbons (Fsp3) is 0.419. The predicted octanol–water partition coefficient (Wildman–Crippen LogP) is 7.98. The summed E-state index contributed by atoms with van der Waals surface area (Å²) in [5.74, 6) is 3.52. The maximum absolute atomic E-state index is 14.7. The number of carbonyl (C=O) groups excluding carboxylic acids is 1. The molecular formula is C31H38ClFN2O4Si. The van der Waals surface area contributed by atoms with Gasteiger partial charge in [0.05, 0.1) is 29.4 Å². The molecule has 0 N–H and O–H groups in total. The van der Waals surface area contributed by atoms with Crippen molar-refractivity contribution in [1.29, 1.82) is 0 Å². The van der Waals surface area contributed by atoms with Crippen LogP contribution in [0.5, 0.6) is 11.5 Å². The average Bonchev–Trinajstić information content (AvgIpc) is 2.85. The first kappa shape index (κ1) is 31.2. The highest BCUT2D eigenvalue weighted by Gasteiger charge is 2.19. The SMILES string of the molecule is CN(CCOc1ccc(-c2cc(Cl)c3cc(F)c(OCCCC#C[Si](C)(C)C)cc3n2)cc1)C(=O)OC(C)(C)C. The highest BCUT2D eigenvalue weighted by molar-refractivity contribution is 6.83. The van der Waals surface area contributed by atoms with Gasteiger partial charge in [0.2, 0.25) is 0 Å². The van der Waals surface area contributed by atoms with Crippen molar-refractivity contribution in [3.8, 4) is 34.2 Å². The minimum Gasteiger partial charge on any atom is -0.492 e.